The average Bonchev–Trinajstić information content (AvgIpc) is 2.49. The zero-order valence-corrected chi connectivity index (χ0v) is 12.4. The highest BCUT2D eigenvalue weighted by Crippen LogP contribution is 2.18. The van der Waals surface area contributed by atoms with Gasteiger partial charge in [-0.1, -0.05) is 30.9 Å². The number of halogens is 1. The molecule has 1 aromatic carbocycles. The number of nitrogens with one attached hydrogen (secondary N) is 2. The summed E-state index contributed by atoms with van der Waals surface area (Å²) in [6.07, 6.45) is 6.95. The molecule has 2 aromatic rings. The second-order valence-electron chi connectivity index (χ2n) is 5.53. The highest BCUT2D eigenvalue weighted by molar-refractivity contribution is 6.31. The number of hydrogen-bond donors (Lipinski definition) is 2. The third-order valence-corrected chi connectivity index (χ3v) is 4.26. The van der Waals surface area contributed by atoms with E-state index >= 15 is 0 Å². The first kappa shape index (κ1) is 14.1. The Labute approximate surface area is 127 Å². The van der Waals surface area contributed by atoms with Gasteiger partial charge in [-0.25, -0.2) is 0 Å². The zero-order valence-electron chi connectivity index (χ0n) is 11.6. The maximum Gasteiger partial charge on any atom is 0.256 e. The minimum Gasteiger partial charge on any atom is -0.360 e. The quantitative estimate of drug-likeness (QED) is 0.894. The summed E-state index contributed by atoms with van der Waals surface area (Å²) < 4.78 is 0. The number of benzene rings is 1. The van der Waals surface area contributed by atoms with Gasteiger partial charge in [0.1, 0.15) is 5.56 Å². The van der Waals surface area contributed by atoms with Gasteiger partial charge in [0.2, 0.25) is 5.43 Å². The number of H-pyrrole nitrogens is 1. The minimum absolute atomic E-state index is 0.148. The summed E-state index contributed by atoms with van der Waals surface area (Å²) in [6, 6.07) is 5.22. The number of aromatic amines is 1. The first-order valence-electron chi connectivity index (χ1n) is 7.27. The number of carbonyl (C=O) groups excluding carboxylic acids is 1. The maximum absolute atomic E-state index is 12.4. The molecule has 0 bridgehead atoms. The average molecular weight is 305 g/mol. The number of aromatic nitrogens is 1. The lowest BCUT2D eigenvalue weighted by molar-refractivity contribution is 0.0926. The van der Waals surface area contributed by atoms with Crippen molar-refractivity contribution in [2.75, 3.05) is 0 Å². The molecule has 0 aliphatic heterocycles. The van der Waals surface area contributed by atoms with Crippen LogP contribution >= 0.6 is 11.6 Å². The number of pyridine rings is 1. The van der Waals surface area contributed by atoms with E-state index in [9.17, 15) is 9.59 Å². The van der Waals surface area contributed by atoms with Crippen molar-refractivity contribution in [3.63, 3.8) is 0 Å². The third kappa shape index (κ3) is 2.95. The van der Waals surface area contributed by atoms with Crippen LogP contribution in [0.3, 0.4) is 0 Å². The number of rotatable bonds is 2. The molecule has 0 saturated heterocycles. The maximum atomic E-state index is 12.4. The Morgan fingerprint density at radius 1 is 1.24 bits per heavy atom. The fraction of sp³-hybridized carbons (Fsp3) is 0.375. The first-order chi connectivity index (χ1) is 10.1. The molecule has 5 heteroatoms. The summed E-state index contributed by atoms with van der Waals surface area (Å²) in [5.74, 6) is -0.301. The standard InChI is InChI=1S/C16H17ClN2O2/c17-10-6-7-14-12(8-10)15(20)13(9-18-14)16(21)19-11-4-2-1-3-5-11/h6-9,11H,1-5H2,(H,18,20)(H,19,21). The van der Waals surface area contributed by atoms with Crippen molar-refractivity contribution < 1.29 is 4.79 Å². The van der Waals surface area contributed by atoms with Crippen molar-refractivity contribution in [1.82, 2.24) is 10.3 Å². The van der Waals surface area contributed by atoms with Crippen LogP contribution in [0.4, 0.5) is 0 Å². The number of hydrogen-bond acceptors (Lipinski definition) is 2. The lowest BCUT2D eigenvalue weighted by Gasteiger charge is -2.22. The summed E-state index contributed by atoms with van der Waals surface area (Å²) in [4.78, 5) is 27.7. The third-order valence-electron chi connectivity index (χ3n) is 4.03. The molecule has 1 aliphatic carbocycles. The van der Waals surface area contributed by atoms with E-state index in [1.54, 1.807) is 18.2 Å². The van der Waals surface area contributed by atoms with E-state index in [4.69, 9.17) is 11.6 Å². The van der Waals surface area contributed by atoms with Crippen LogP contribution in [0.15, 0.2) is 29.2 Å². The van der Waals surface area contributed by atoms with E-state index in [1.807, 2.05) is 0 Å². The summed E-state index contributed by atoms with van der Waals surface area (Å²) in [6.45, 7) is 0. The normalized spacial score (nSPS) is 16.0. The fourth-order valence-corrected chi connectivity index (χ4v) is 3.04. The highest BCUT2D eigenvalue weighted by Gasteiger charge is 2.19. The van der Waals surface area contributed by atoms with Gasteiger partial charge in [0.25, 0.3) is 5.91 Å². The van der Waals surface area contributed by atoms with Gasteiger partial charge in [0, 0.05) is 28.2 Å². The van der Waals surface area contributed by atoms with Crippen molar-refractivity contribution in [3.05, 3.63) is 45.2 Å². The molecule has 0 unspecified atom stereocenters. The molecule has 4 nitrogen and oxygen atoms in total. The monoisotopic (exact) mass is 304 g/mol. The van der Waals surface area contributed by atoms with Crippen LogP contribution in [-0.4, -0.2) is 16.9 Å². The number of amides is 1. The lowest BCUT2D eigenvalue weighted by atomic mass is 9.95. The van der Waals surface area contributed by atoms with E-state index in [0.29, 0.717) is 15.9 Å². The molecule has 1 aliphatic rings. The molecule has 0 atom stereocenters. The smallest absolute Gasteiger partial charge is 0.256 e. The summed E-state index contributed by atoms with van der Waals surface area (Å²) in [5, 5.41) is 3.89. The molecule has 3 rings (SSSR count). The van der Waals surface area contributed by atoms with Gasteiger partial charge in [-0.15, -0.1) is 0 Å². The topological polar surface area (TPSA) is 62.0 Å². The molecule has 1 heterocycles. The Morgan fingerprint density at radius 3 is 2.76 bits per heavy atom. The highest BCUT2D eigenvalue weighted by atomic mass is 35.5. The second kappa shape index (κ2) is 5.90. The summed E-state index contributed by atoms with van der Waals surface area (Å²) >= 11 is 5.92. The Hall–Kier alpha value is -1.81. The van der Waals surface area contributed by atoms with Crippen LogP contribution in [0.25, 0.3) is 10.9 Å². The lowest BCUT2D eigenvalue weighted by Crippen LogP contribution is -2.38. The van der Waals surface area contributed by atoms with E-state index in [-0.39, 0.29) is 22.9 Å². The van der Waals surface area contributed by atoms with Crippen molar-refractivity contribution in [3.8, 4) is 0 Å². The molecule has 21 heavy (non-hydrogen) atoms. The molecule has 110 valence electrons. The predicted octanol–water partition coefficient (Wildman–Crippen LogP) is 3.24. The van der Waals surface area contributed by atoms with Crippen LogP contribution in [0.2, 0.25) is 5.02 Å². The van der Waals surface area contributed by atoms with Crippen molar-refractivity contribution in [2.45, 2.75) is 38.1 Å². The van der Waals surface area contributed by atoms with E-state index < -0.39 is 0 Å². The van der Waals surface area contributed by atoms with Gasteiger partial charge in [0.05, 0.1) is 0 Å². The van der Waals surface area contributed by atoms with Crippen LogP contribution in [0, 0.1) is 0 Å². The van der Waals surface area contributed by atoms with Crippen LogP contribution in [0.1, 0.15) is 42.5 Å². The molecule has 1 aromatic heterocycles. The Balaban J connectivity index is 1.90. The van der Waals surface area contributed by atoms with Crippen molar-refractivity contribution in [1.29, 1.82) is 0 Å². The van der Waals surface area contributed by atoms with Gasteiger partial charge in [-0.3, -0.25) is 9.59 Å². The van der Waals surface area contributed by atoms with Crippen LogP contribution in [-0.2, 0) is 0 Å². The van der Waals surface area contributed by atoms with E-state index in [2.05, 4.69) is 10.3 Å². The van der Waals surface area contributed by atoms with Crippen LogP contribution in [0.5, 0.6) is 0 Å². The zero-order chi connectivity index (χ0) is 14.8. The Morgan fingerprint density at radius 2 is 2.00 bits per heavy atom. The molecule has 2 N–H and O–H groups in total. The molecule has 0 radical (unpaired) electrons. The molecule has 1 fully saturated rings. The van der Waals surface area contributed by atoms with Crippen LogP contribution < -0.4 is 10.7 Å². The Kier molecular flexibility index (Phi) is 3.97. The predicted molar refractivity (Wildman–Crippen MR) is 83.9 cm³/mol. The van der Waals surface area contributed by atoms with E-state index in [1.165, 1.54) is 12.6 Å². The number of carbonyl (C=O) groups is 1. The number of fused-ring (bicyclic) bond motifs is 1. The summed E-state index contributed by atoms with van der Waals surface area (Å²) in [7, 11) is 0. The SMILES string of the molecule is O=C(NC1CCCCC1)c1c[nH]c2ccc(Cl)cc2c1=O. The minimum atomic E-state index is -0.301. The van der Waals surface area contributed by atoms with Gasteiger partial charge in [-0.05, 0) is 31.0 Å². The Bertz CT molecular complexity index is 733. The summed E-state index contributed by atoms with van der Waals surface area (Å²) in [5.41, 5.74) is 0.550. The fourth-order valence-electron chi connectivity index (χ4n) is 2.87. The van der Waals surface area contributed by atoms with Gasteiger partial charge in [-0.2, -0.15) is 0 Å². The van der Waals surface area contributed by atoms with Gasteiger partial charge in [0.15, 0.2) is 0 Å². The molecule has 1 saturated carbocycles. The van der Waals surface area contributed by atoms with Gasteiger partial charge >= 0.3 is 0 Å². The molecule has 0 spiro atoms. The van der Waals surface area contributed by atoms with Crippen molar-refractivity contribution >= 4 is 28.4 Å². The van der Waals surface area contributed by atoms with E-state index in [0.717, 1.165) is 25.7 Å². The molecular formula is C16H17ClN2O2. The molecular weight excluding hydrogens is 288 g/mol. The largest absolute Gasteiger partial charge is 0.360 e. The molecule has 1 amide bonds. The van der Waals surface area contributed by atoms with Crippen molar-refractivity contribution in [2.24, 2.45) is 0 Å². The first-order valence-corrected chi connectivity index (χ1v) is 7.65. The second-order valence-corrected chi connectivity index (χ2v) is 5.97. The van der Waals surface area contributed by atoms with Gasteiger partial charge < -0.3 is 10.3 Å².